The first-order chi connectivity index (χ1) is 6.34. The van der Waals surface area contributed by atoms with E-state index in [0.29, 0.717) is 0 Å². The first-order valence-corrected chi connectivity index (χ1v) is 7.01. The summed E-state index contributed by atoms with van der Waals surface area (Å²) in [5.74, 6) is 2.40. The van der Waals surface area contributed by atoms with Gasteiger partial charge in [-0.05, 0) is 30.9 Å². The van der Waals surface area contributed by atoms with Crippen molar-refractivity contribution in [3.05, 3.63) is 0 Å². The molecule has 0 aromatic carbocycles. The third kappa shape index (κ3) is 4.39. The molecule has 13 heavy (non-hydrogen) atoms. The molecule has 0 N–H and O–H groups in total. The molecule has 1 saturated heterocycles. The van der Waals surface area contributed by atoms with E-state index in [4.69, 9.17) is 0 Å². The number of unbranched alkanes of at least 4 members (excludes halogenated alkanes) is 3. The van der Waals surface area contributed by atoms with Gasteiger partial charge in [-0.15, -0.1) is 0 Å². The van der Waals surface area contributed by atoms with Crippen molar-refractivity contribution >= 4 is 11.8 Å². The van der Waals surface area contributed by atoms with Crippen LogP contribution >= 0.6 is 11.8 Å². The van der Waals surface area contributed by atoms with E-state index in [9.17, 15) is 0 Å². The number of thioether (sulfide) groups is 1. The summed E-state index contributed by atoms with van der Waals surface area (Å²) < 4.78 is 0. The maximum absolute atomic E-state index is 2.45. The van der Waals surface area contributed by atoms with Crippen molar-refractivity contribution in [3.8, 4) is 0 Å². The SMILES string of the molecule is CCCCCCC(C)C1CCCS1. The van der Waals surface area contributed by atoms with Crippen LogP contribution in [0.15, 0.2) is 0 Å². The average molecular weight is 200 g/mol. The van der Waals surface area contributed by atoms with Crippen LogP contribution in [-0.4, -0.2) is 11.0 Å². The minimum absolute atomic E-state index is 0.976. The molecule has 1 heterocycles. The molecule has 1 aliphatic rings. The third-order valence-electron chi connectivity index (χ3n) is 3.11. The quantitative estimate of drug-likeness (QED) is 0.569. The van der Waals surface area contributed by atoms with E-state index in [2.05, 4.69) is 25.6 Å². The van der Waals surface area contributed by atoms with Gasteiger partial charge in [-0.3, -0.25) is 0 Å². The second kappa shape index (κ2) is 6.75. The van der Waals surface area contributed by atoms with Crippen molar-refractivity contribution in [1.29, 1.82) is 0 Å². The zero-order valence-electron chi connectivity index (χ0n) is 9.22. The Bertz CT molecular complexity index is 116. The van der Waals surface area contributed by atoms with E-state index in [0.717, 1.165) is 11.2 Å². The normalized spacial score (nSPS) is 24.9. The van der Waals surface area contributed by atoms with Crippen LogP contribution in [-0.2, 0) is 0 Å². The van der Waals surface area contributed by atoms with E-state index < -0.39 is 0 Å². The van der Waals surface area contributed by atoms with E-state index in [1.165, 1.54) is 50.7 Å². The summed E-state index contributed by atoms with van der Waals surface area (Å²) in [5.41, 5.74) is 0. The molecule has 0 saturated carbocycles. The van der Waals surface area contributed by atoms with Gasteiger partial charge in [-0.1, -0.05) is 39.5 Å². The fourth-order valence-corrected chi connectivity index (χ4v) is 3.56. The molecule has 1 aliphatic heterocycles. The van der Waals surface area contributed by atoms with Gasteiger partial charge in [0.05, 0.1) is 0 Å². The van der Waals surface area contributed by atoms with Crippen molar-refractivity contribution in [2.75, 3.05) is 5.75 Å². The van der Waals surface area contributed by atoms with E-state index >= 15 is 0 Å². The van der Waals surface area contributed by atoms with Gasteiger partial charge in [0.2, 0.25) is 0 Å². The Morgan fingerprint density at radius 1 is 1.31 bits per heavy atom. The van der Waals surface area contributed by atoms with Crippen LogP contribution in [0.2, 0.25) is 0 Å². The first-order valence-electron chi connectivity index (χ1n) is 5.96. The Balaban J connectivity index is 1.99. The zero-order valence-corrected chi connectivity index (χ0v) is 10.0. The number of rotatable bonds is 6. The van der Waals surface area contributed by atoms with Gasteiger partial charge in [0, 0.05) is 5.25 Å². The highest BCUT2D eigenvalue weighted by Gasteiger charge is 2.21. The summed E-state index contributed by atoms with van der Waals surface area (Å²) in [6.07, 6.45) is 10.1. The largest absolute Gasteiger partial charge is 0.158 e. The summed E-state index contributed by atoms with van der Waals surface area (Å²) in [5, 5.41) is 1.00. The molecule has 0 bridgehead atoms. The van der Waals surface area contributed by atoms with Crippen molar-refractivity contribution in [3.63, 3.8) is 0 Å². The predicted molar refractivity (Wildman–Crippen MR) is 63.4 cm³/mol. The van der Waals surface area contributed by atoms with Crippen LogP contribution in [0.25, 0.3) is 0 Å². The molecular formula is C12H24S. The lowest BCUT2D eigenvalue weighted by Gasteiger charge is -2.17. The van der Waals surface area contributed by atoms with E-state index in [1.807, 2.05) is 0 Å². The molecule has 0 amide bonds. The van der Waals surface area contributed by atoms with Gasteiger partial charge in [0.1, 0.15) is 0 Å². The third-order valence-corrected chi connectivity index (χ3v) is 4.77. The molecule has 1 fully saturated rings. The molecule has 0 aliphatic carbocycles. The Kier molecular flexibility index (Phi) is 5.93. The predicted octanol–water partition coefficient (Wildman–Crippen LogP) is 4.49. The lowest BCUT2D eigenvalue weighted by atomic mass is 9.97. The van der Waals surface area contributed by atoms with Crippen LogP contribution in [0, 0.1) is 5.92 Å². The second-order valence-electron chi connectivity index (χ2n) is 4.38. The molecule has 0 nitrogen and oxygen atoms in total. The highest BCUT2D eigenvalue weighted by atomic mass is 32.2. The fourth-order valence-electron chi connectivity index (χ4n) is 2.13. The number of hydrogen-bond acceptors (Lipinski definition) is 1. The van der Waals surface area contributed by atoms with Gasteiger partial charge in [-0.2, -0.15) is 11.8 Å². The van der Waals surface area contributed by atoms with Crippen LogP contribution < -0.4 is 0 Å². The molecule has 0 spiro atoms. The maximum Gasteiger partial charge on any atom is 0.00729 e. The zero-order chi connectivity index (χ0) is 9.52. The van der Waals surface area contributed by atoms with Gasteiger partial charge in [0.25, 0.3) is 0 Å². The molecule has 0 radical (unpaired) electrons. The molecule has 2 unspecified atom stereocenters. The highest BCUT2D eigenvalue weighted by molar-refractivity contribution is 8.00. The lowest BCUT2D eigenvalue weighted by Crippen LogP contribution is -2.10. The van der Waals surface area contributed by atoms with Crippen molar-refractivity contribution in [2.24, 2.45) is 5.92 Å². The average Bonchev–Trinajstić information content (AvgIpc) is 2.65. The molecule has 0 aromatic rings. The van der Waals surface area contributed by atoms with Gasteiger partial charge in [-0.25, -0.2) is 0 Å². The van der Waals surface area contributed by atoms with Crippen molar-refractivity contribution in [2.45, 2.75) is 64.0 Å². The molecule has 1 rings (SSSR count). The topological polar surface area (TPSA) is 0 Å². The minimum atomic E-state index is 0.976. The first kappa shape index (κ1) is 11.4. The molecule has 2 atom stereocenters. The van der Waals surface area contributed by atoms with Gasteiger partial charge in [0.15, 0.2) is 0 Å². The fraction of sp³-hybridized carbons (Fsp3) is 1.00. The van der Waals surface area contributed by atoms with Crippen LogP contribution in [0.1, 0.15) is 58.8 Å². The summed E-state index contributed by atoms with van der Waals surface area (Å²) in [7, 11) is 0. The summed E-state index contributed by atoms with van der Waals surface area (Å²) in [6.45, 7) is 4.74. The van der Waals surface area contributed by atoms with Crippen molar-refractivity contribution in [1.82, 2.24) is 0 Å². The second-order valence-corrected chi connectivity index (χ2v) is 5.73. The van der Waals surface area contributed by atoms with E-state index in [-0.39, 0.29) is 0 Å². The molecule has 1 heteroatoms. The van der Waals surface area contributed by atoms with Crippen LogP contribution in [0.5, 0.6) is 0 Å². The standard InChI is InChI=1S/C12H24S/c1-3-4-5-6-8-11(2)12-9-7-10-13-12/h11-12H,3-10H2,1-2H3. The highest BCUT2D eigenvalue weighted by Crippen LogP contribution is 2.34. The molecule has 0 aromatic heterocycles. The summed E-state index contributed by atoms with van der Waals surface area (Å²) >= 11 is 2.21. The summed E-state index contributed by atoms with van der Waals surface area (Å²) in [6, 6.07) is 0. The smallest absolute Gasteiger partial charge is 0.00729 e. The van der Waals surface area contributed by atoms with Gasteiger partial charge >= 0.3 is 0 Å². The Labute approximate surface area is 87.9 Å². The van der Waals surface area contributed by atoms with Crippen LogP contribution in [0.3, 0.4) is 0 Å². The van der Waals surface area contributed by atoms with E-state index in [1.54, 1.807) is 0 Å². The van der Waals surface area contributed by atoms with Crippen molar-refractivity contribution < 1.29 is 0 Å². The summed E-state index contributed by atoms with van der Waals surface area (Å²) in [4.78, 5) is 0. The monoisotopic (exact) mass is 200 g/mol. The van der Waals surface area contributed by atoms with Crippen LogP contribution in [0.4, 0.5) is 0 Å². The Morgan fingerprint density at radius 2 is 2.15 bits per heavy atom. The molecule has 78 valence electrons. The maximum atomic E-state index is 2.45. The lowest BCUT2D eigenvalue weighted by molar-refractivity contribution is 0.465. The Hall–Kier alpha value is 0.350. The van der Waals surface area contributed by atoms with Gasteiger partial charge < -0.3 is 0 Å². The minimum Gasteiger partial charge on any atom is -0.158 e. The molecular weight excluding hydrogens is 176 g/mol. The number of hydrogen-bond donors (Lipinski definition) is 0. The Morgan fingerprint density at radius 3 is 2.77 bits per heavy atom.